The molecule has 4 nitrogen and oxygen atoms in total. The zero-order valence-corrected chi connectivity index (χ0v) is 6.94. The summed E-state index contributed by atoms with van der Waals surface area (Å²) in [6.07, 6.45) is 0. The molecule has 64 valence electrons. The fourth-order valence-corrected chi connectivity index (χ4v) is 0.916. The fourth-order valence-electron chi connectivity index (χ4n) is 0.767. The van der Waals surface area contributed by atoms with Gasteiger partial charge < -0.3 is 5.11 Å². The van der Waals surface area contributed by atoms with Crippen molar-refractivity contribution in [2.75, 3.05) is 0 Å². The fraction of sp³-hybridized carbons (Fsp3) is 0.143. The van der Waals surface area contributed by atoms with E-state index in [-0.39, 0.29) is 5.56 Å². The van der Waals surface area contributed by atoms with Gasteiger partial charge in [-0.15, -0.1) is 0 Å². The van der Waals surface area contributed by atoms with Crippen LogP contribution in [0.25, 0.3) is 0 Å². The molecular formula is C7H7NO3S. The maximum absolute atomic E-state index is 10.3. The third-order valence-electron chi connectivity index (χ3n) is 1.42. The molecular weight excluding hydrogens is 178 g/mol. The van der Waals surface area contributed by atoms with Gasteiger partial charge in [-0.2, -0.15) is 0 Å². The Morgan fingerprint density at radius 1 is 1.42 bits per heavy atom. The van der Waals surface area contributed by atoms with Gasteiger partial charge in [0.2, 0.25) is 0 Å². The van der Waals surface area contributed by atoms with Crippen LogP contribution in [0.2, 0.25) is 0 Å². The van der Waals surface area contributed by atoms with Gasteiger partial charge in [-0.25, -0.2) is 0 Å². The Hall–Kier alpha value is -1.07. The molecule has 5 heteroatoms. The first-order valence-electron chi connectivity index (χ1n) is 3.20. The van der Waals surface area contributed by atoms with E-state index >= 15 is 0 Å². The summed E-state index contributed by atoms with van der Waals surface area (Å²) in [5.41, 5.74) is 0.151. The van der Waals surface area contributed by atoms with E-state index in [2.05, 4.69) is 12.6 Å². The van der Waals surface area contributed by atoms with Crippen molar-refractivity contribution >= 4 is 12.6 Å². The molecule has 0 aliphatic carbocycles. The second kappa shape index (κ2) is 3.12. The highest BCUT2D eigenvalue weighted by molar-refractivity contribution is 7.80. The summed E-state index contributed by atoms with van der Waals surface area (Å²) in [6.45, 7) is 0. The first-order chi connectivity index (χ1) is 5.55. The molecule has 12 heavy (non-hydrogen) atoms. The Bertz CT molecular complexity index is 286. The molecule has 0 amide bonds. The molecule has 1 aromatic carbocycles. The SMILES string of the molecule is O=[N+]([O-])C(O)(S)c1ccccc1. The second-order valence-electron chi connectivity index (χ2n) is 2.26. The Balaban J connectivity index is 3.06. The highest BCUT2D eigenvalue weighted by Crippen LogP contribution is 2.24. The average molecular weight is 185 g/mol. The van der Waals surface area contributed by atoms with Gasteiger partial charge >= 0.3 is 5.06 Å². The largest absolute Gasteiger partial charge is 0.395 e. The molecule has 0 radical (unpaired) electrons. The molecule has 0 aliphatic rings. The first kappa shape index (κ1) is 9.02. The predicted octanol–water partition coefficient (Wildman–Crippen LogP) is 0.996. The molecule has 0 saturated heterocycles. The minimum atomic E-state index is -2.29. The van der Waals surface area contributed by atoms with Crippen LogP contribution in [0.4, 0.5) is 0 Å². The molecule has 0 spiro atoms. The maximum Gasteiger partial charge on any atom is 0.395 e. The topological polar surface area (TPSA) is 63.4 Å². The van der Waals surface area contributed by atoms with Crippen molar-refractivity contribution in [1.29, 1.82) is 0 Å². The third kappa shape index (κ3) is 1.57. The van der Waals surface area contributed by atoms with Crippen LogP contribution in [-0.4, -0.2) is 10.0 Å². The lowest BCUT2D eigenvalue weighted by molar-refractivity contribution is -0.597. The molecule has 0 heterocycles. The van der Waals surface area contributed by atoms with E-state index in [1.807, 2.05) is 0 Å². The van der Waals surface area contributed by atoms with Gasteiger partial charge in [0.05, 0.1) is 10.5 Å². The minimum absolute atomic E-state index is 0.151. The summed E-state index contributed by atoms with van der Waals surface area (Å²) in [4.78, 5) is 9.44. The zero-order valence-electron chi connectivity index (χ0n) is 6.04. The molecule has 1 rings (SSSR count). The van der Waals surface area contributed by atoms with E-state index in [4.69, 9.17) is 0 Å². The van der Waals surface area contributed by atoms with Crippen LogP contribution < -0.4 is 0 Å². The van der Waals surface area contributed by atoms with Crippen molar-refractivity contribution in [1.82, 2.24) is 0 Å². The van der Waals surface area contributed by atoms with E-state index in [0.29, 0.717) is 0 Å². The smallest absolute Gasteiger partial charge is 0.318 e. The van der Waals surface area contributed by atoms with Gasteiger partial charge in [0.15, 0.2) is 0 Å². The molecule has 0 saturated carbocycles. The van der Waals surface area contributed by atoms with Crippen LogP contribution in [0, 0.1) is 10.1 Å². The van der Waals surface area contributed by atoms with Crippen LogP contribution in [0.3, 0.4) is 0 Å². The molecule has 1 unspecified atom stereocenters. The predicted molar refractivity (Wildman–Crippen MR) is 46.3 cm³/mol. The highest BCUT2D eigenvalue weighted by atomic mass is 32.1. The second-order valence-corrected chi connectivity index (χ2v) is 2.88. The Labute approximate surface area is 74.4 Å². The lowest BCUT2D eigenvalue weighted by atomic mass is 10.2. The summed E-state index contributed by atoms with van der Waals surface area (Å²) < 4.78 is 0. The van der Waals surface area contributed by atoms with E-state index < -0.39 is 9.98 Å². The maximum atomic E-state index is 10.3. The highest BCUT2D eigenvalue weighted by Gasteiger charge is 2.37. The first-order valence-corrected chi connectivity index (χ1v) is 3.64. The van der Waals surface area contributed by atoms with Crippen molar-refractivity contribution in [2.45, 2.75) is 5.06 Å². The van der Waals surface area contributed by atoms with E-state index in [9.17, 15) is 15.2 Å². The summed E-state index contributed by atoms with van der Waals surface area (Å²) in [6, 6.07) is 7.78. The van der Waals surface area contributed by atoms with Gasteiger partial charge in [-0.1, -0.05) is 30.8 Å². The normalized spacial score (nSPS) is 15.2. The van der Waals surface area contributed by atoms with Crippen molar-refractivity contribution < 1.29 is 10.0 Å². The van der Waals surface area contributed by atoms with Crippen LogP contribution in [0.5, 0.6) is 0 Å². The Morgan fingerprint density at radius 2 is 1.92 bits per heavy atom. The van der Waals surface area contributed by atoms with Crippen molar-refractivity contribution in [3.8, 4) is 0 Å². The van der Waals surface area contributed by atoms with Crippen LogP contribution in [-0.2, 0) is 5.06 Å². The van der Waals surface area contributed by atoms with Gasteiger partial charge in [-0.3, -0.25) is 10.1 Å². The minimum Gasteiger partial charge on any atom is -0.318 e. The zero-order chi connectivity index (χ0) is 9.19. The number of thiol groups is 1. The molecule has 1 atom stereocenters. The van der Waals surface area contributed by atoms with E-state index in [0.717, 1.165) is 0 Å². The van der Waals surface area contributed by atoms with E-state index in [1.54, 1.807) is 18.2 Å². The monoisotopic (exact) mass is 185 g/mol. The number of rotatable bonds is 2. The molecule has 1 N–H and O–H groups in total. The number of hydrogen-bond donors (Lipinski definition) is 2. The lowest BCUT2D eigenvalue weighted by Gasteiger charge is -2.11. The van der Waals surface area contributed by atoms with Crippen molar-refractivity contribution in [3.05, 3.63) is 46.0 Å². The number of benzene rings is 1. The third-order valence-corrected chi connectivity index (χ3v) is 1.84. The summed E-state index contributed by atoms with van der Waals surface area (Å²) in [5, 5.41) is 17.2. The van der Waals surface area contributed by atoms with Crippen LogP contribution in [0.15, 0.2) is 30.3 Å². The quantitative estimate of drug-likeness (QED) is 0.312. The molecule has 0 aliphatic heterocycles. The number of aliphatic hydroxyl groups is 1. The standard InChI is InChI=1S/C7H7NO3S/c9-7(12,8(10)11)6-4-2-1-3-5-6/h1-5,9,12H. The molecule has 0 aromatic heterocycles. The van der Waals surface area contributed by atoms with E-state index in [1.165, 1.54) is 12.1 Å². The number of nitro groups is 1. The van der Waals surface area contributed by atoms with Crippen molar-refractivity contribution in [3.63, 3.8) is 0 Å². The lowest BCUT2D eigenvalue weighted by Crippen LogP contribution is -2.28. The van der Waals surface area contributed by atoms with Gasteiger partial charge in [0.1, 0.15) is 0 Å². The summed E-state index contributed by atoms with van der Waals surface area (Å²) >= 11 is 3.53. The average Bonchev–Trinajstić information content (AvgIpc) is 2.06. The Morgan fingerprint density at radius 3 is 2.33 bits per heavy atom. The molecule has 0 bridgehead atoms. The molecule has 1 aromatic rings. The summed E-state index contributed by atoms with van der Waals surface area (Å²) in [5.74, 6) is 0. The number of nitrogens with zero attached hydrogens (tertiary/aromatic N) is 1. The van der Waals surface area contributed by atoms with Crippen LogP contribution in [0.1, 0.15) is 5.56 Å². The number of hydrogen-bond acceptors (Lipinski definition) is 4. The van der Waals surface area contributed by atoms with Gasteiger partial charge in [0.25, 0.3) is 0 Å². The van der Waals surface area contributed by atoms with Crippen LogP contribution >= 0.6 is 12.6 Å². The molecule has 0 fully saturated rings. The van der Waals surface area contributed by atoms with Gasteiger partial charge in [0, 0.05) is 0 Å². The Kier molecular flexibility index (Phi) is 2.35. The van der Waals surface area contributed by atoms with Crippen molar-refractivity contribution in [2.24, 2.45) is 0 Å². The summed E-state index contributed by atoms with van der Waals surface area (Å²) in [7, 11) is 0. The van der Waals surface area contributed by atoms with Gasteiger partial charge in [-0.05, 0) is 12.1 Å².